The van der Waals surface area contributed by atoms with Crippen molar-refractivity contribution in [3.8, 4) is 39.3 Å². The van der Waals surface area contributed by atoms with Gasteiger partial charge < -0.3 is 9.88 Å². The summed E-state index contributed by atoms with van der Waals surface area (Å²) >= 11 is 1.83. The van der Waals surface area contributed by atoms with Gasteiger partial charge in [-0.1, -0.05) is 72.8 Å². The molecule has 0 fully saturated rings. The van der Waals surface area contributed by atoms with Crippen LogP contribution in [0.15, 0.2) is 164 Å². The van der Waals surface area contributed by atoms with E-state index in [0.717, 1.165) is 40.4 Å². The Morgan fingerprint density at radius 1 is 0.540 bits per heavy atom. The summed E-state index contributed by atoms with van der Waals surface area (Å²) in [6, 6.07) is 48.1. The lowest BCUT2D eigenvalue weighted by Gasteiger charge is -2.16. The molecular weight excluding hydrogens is 629 g/mol. The van der Waals surface area contributed by atoms with Gasteiger partial charge in [0.1, 0.15) is 0 Å². The fourth-order valence-electron chi connectivity index (χ4n) is 7.45. The van der Waals surface area contributed by atoms with Gasteiger partial charge in [-0.2, -0.15) is 0 Å². The third-order valence-corrected chi connectivity index (χ3v) is 10.9. The number of hydrogen-bond acceptors (Lipinski definition) is 4. The van der Waals surface area contributed by atoms with Gasteiger partial charge in [0.15, 0.2) is 0 Å². The zero-order valence-electron chi connectivity index (χ0n) is 27.0. The molecule has 50 heavy (non-hydrogen) atoms. The molecule has 4 aromatic heterocycles. The average molecular weight is 659 g/mol. The zero-order chi connectivity index (χ0) is 33.0. The molecule has 1 aliphatic rings. The molecule has 9 aromatic rings. The number of para-hydroxylation sites is 1. The second-order valence-corrected chi connectivity index (χ2v) is 13.7. The van der Waals surface area contributed by atoms with Gasteiger partial charge in [-0.15, -0.1) is 11.3 Å². The number of dihydropyridines is 1. The monoisotopic (exact) mass is 658 g/mol. The standard InChI is InChI=1S/C45H30N4S/c1-2-12-32(39-14-5-8-22-46-39)31(11-1)29-18-20-43-36(25-29)33-13-3-4-17-42(33)49(43)30-19-21-44-37(26-30)38-27-34(40-15-6-9-23-47-40)35(28-45(38)50-44)41-16-7-10-24-48-41/h1-21,23-28,46H,22H2. The number of aromatic nitrogens is 3. The Morgan fingerprint density at radius 2 is 1.26 bits per heavy atom. The van der Waals surface area contributed by atoms with Crippen molar-refractivity contribution < 1.29 is 0 Å². The van der Waals surface area contributed by atoms with E-state index in [-0.39, 0.29) is 0 Å². The molecule has 5 heterocycles. The molecule has 0 saturated heterocycles. The Hall–Kier alpha value is -6.30. The number of allylic oxidation sites excluding steroid dienone is 2. The first kappa shape index (κ1) is 28.7. The summed E-state index contributed by atoms with van der Waals surface area (Å²) in [4.78, 5) is 9.48. The molecule has 5 aromatic carbocycles. The molecule has 0 radical (unpaired) electrons. The average Bonchev–Trinajstić information content (AvgIpc) is 3.72. The van der Waals surface area contributed by atoms with Crippen molar-refractivity contribution in [3.63, 3.8) is 0 Å². The maximum Gasteiger partial charge on any atom is 0.0709 e. The number of fused-ring (bicyclic) bond motifs is 6. The van der Waals surface area contributed by atoms with Crippen LogP contribution in [-0.2, 0) is 0 Å². The van der Waals surface area contributed by atoms with Crippen molar-refractivity contribution >= 4 is 59.0 Å². The maximum atomic E-state index is 4.76. The van der Waals surface area contributed by atoms with E-state index in [4.69, 9.17) is 9.97 Å². The molecule has 0 spiro atoms. The molecule has 0 saturated carbocycles. The number of nitrogens with zero attached hydrogens (tertiary/aromatic N) is 3. The lowest BCUT2D eigenvalue weighted by atomic mass is 9.95. The van der Waals surface area contributed by atoms with Crippen LogP contribution in [0.5, 0.6) is 0 Å². The topological polar surface area (TPSA) is 42.7 Å². The largest absolute Gasteiger partial charge is 0.381 e. The number of hydrogen-bond donors (Lipinski definition) is 1. The first-order valence-electron chi connectivity index (χ1n) is 16.9. The van der Waals surface area contributed by atoms with E-state index < -0.39 is 0 Å². The van der Waals surface area contributed by atoms with Crippen molar-refractivity contribution in [3.05, 3.63) is 170 Å². The highest BCUT2D eigenvalue weighted by Gasteiger charge is 2.18. The van der Waals surface area contributed by atoms with Gasteiger partial charge in [0.25, 0.3) is 0 Å². The molecule has 1 N–H and O–H groups in total. The SMILES string of the molecule is C1=CCNC(c2ccccc2-c2ccc3c(c2)c2ccccc2n3-c2ccc3sc4cc(-c5ccccn5)c(-c5ccccn5)cc4c3c2)=C1. The summed E-state index contributed by atoms with van der Waals surface area (Å²) in [6.07, 6.45) is 10.2. The highest BCUT2D eigenvalue weighted by Crippen LogP contribution is 2.43. The molecule has 0 atom stereocenters. The fourth-order valence-corrected chi connectivity index (χ4v) is 8.56. The Balaban J connectivity index is 1.17. The van der Waals surface area contributed by atoms with Gasteiger partial charge >= 0.3 is 0 Å². The maximum absolute atomic E-state index is 4.76. The molecule has 10 rings (SSSR count). The molecule has 0 amide bonds. The summed E-state index contributed by atoms with van der Waals surface area (Å²) in [7, 11) is 0. The van der Waals surface area contributed by atoms with Crippen molar-refractivity contribution in [1.82, 2.24) is 19.9 Å². The minimum Gasteiger partial charge on any atom is -0.381 e. The number of thiophene rings is 1. The number of nitrogens with one attached hydrogen (secondary N) is 1. The second-order valence-electron chi connectivity index (χ2n) is 12.6. The first-order chi connectivity index (χ1) is 24.8. The first-order valence-corrected chi connectivity index (χ1v) is 17.7. The molecule has 0 aliphatic carbocycles. The van der Waals surface area contributed by atoms with E-state index in [0.29, 0.717) is 0 Å². The lowest BCUT2D eigenvalue weighted by molar-refractivity contribution is 0.996. The van der Waals surface area contributed by atoms with Gasteiger partial charge in [0.2, 0.25) is 0 Å². The summed E-state index contributed by atoms with van der Waals surface area (Å²) in [6.45, 7) is 0.840. The minimum atomic E-state index is 0.840. The van der Waals surface area contributed by atoms with Crippen LogP contribution in [-0.4, -0.2) is 21.1 Å². The van der Waals surface area contributed by atoms with Crippen LogP contribution in [0.2, 0.25) is 0 Å². The molecule has 5 heteroatoms. The minimum absolute atomic E-state index is 0.840. The van der Waals surface area contributed by atoms with Crippen LogP contribution < -0.4 is 5.32 Å². The Morgan fingerprint density at radius 3 is 2.04 bits per heavy atom. The Labute approximate surface area is 293 Å². The van der Waals surface area contributed by atoms with Gasteiger partial charge in [0.05, 0.1) is 22.4 Å². The highest BCUT2D eigenvalue weighted by molar-refractivity contribution is 7.25. The third-order valence-electron chi connectivity index (χ3n) is 9.74. The highest BCUT2D eigenvalue weighted by atomic mass is 32.1. The number of benzene rings is 5. The predicted molar refractivity (Wildman–Crippen MR) is 211 cm³/mol. The second kappa shape index (κ2) is 11.7. The van der Waals surface area contributed by atoms with Crippen molar-refractivity contribution in [1.29, 1.82) is 0 Å². The van der Waals surface area contributed by atoms with Crippen molar-refractivity contribution in [2.45, 2.75) is 0 Å². The fraction of sp³-hybridized carbons (Fsp3) is 0.0222. The molecule has 0 unspecified atom stereocenters. The third kappa shape index (κ3) is 4.66. The number of pyridine rings is 2. The summed E-state index contributed by atoms with van der Waals surface area (Å²) in [5, 5.41) is 8.51. The Kier molecular flexibility index (Phi) is 6.71. The predicted octanol–water partition coefficient (Wildman–Crippen LogP) is 11.4. The van der Waals surface area contributed by atoms with E-state index in [1.54, 1.807) is 0 Å². The zero-order valence-corrected chi connectivity index (χ0v) is 27.9. The molecular formula is C45H30N4S. The molecule has 0 bridgehead atoms. The van der Waals surface area contributed by atoms with E-state index in [1.165, 1.54) is 58.7 Å². The van der Waals surface area contributed by atoms with Crippen LogP contribution in [0.3, 0.4) is 0 Å². The van der Waals surface area contributed by atoms with Crippen molar-refractivity contribution in [2.24, 2.45) is 0 Å². The van der Waals surface area contributed by atoms with Crippen LogP contribution in [0.4, 0.5) is 0 Å². The van der Waals surface area contributed by atoms with Crippen LogP contribution >= 0.6 is 11.3 Å². The van der Waals surface area contributed by atoms with Crippen LogP contribution in [0, 0.1) is 0 Å². The van der Waals surface area contributed by atoms with E-state index in [2.05, 4.69) is 137 Å². The van der Waals surface area contributed by atoms with E-state index in [9.17, 15) is 0 Å². The van der Waals surface area contributed by atoms with Gasteiger partial charge in [-0.3, -0.25) is 9.97 Å². The van der Waals surface area contributed by atoms with Crippen molar-refractivity contribution in [2.75, 3.05) is 6.54 Å². The molecule has 236 valence electrons. The number of rotatable bonds is 5. The van der Waals surface area contributed by atoms with E-state index in [1.807, 2.05) is 48.0 Å². The smallest absolute Gasteiger partial charge is 0.0709 e. The molecule has 1 aliphatic heterocycles. The molecule has 4 nitrogen and oxygen atoms in total. The quantitative estimate of drug-likeness (QED) is 0.200. The van der Waals surface area contributed by atoms with Crippen LogP contribution in [0.1, 0.15) is 5.56 Å². The summed E-state index contributed by atoms with van der Waals surface area (Å²) in [5.74, 6) is 0. The lowest BCUT2D eigenvalue weighted by Crippen LogP contribution is -2.14. The van der Waals surface area contributed by atoms with Gasteiger partial charge in [0, 0.05) is 78.0 Å². The summed E-state index contributed by atoms with van der Waals surface area (Å²) in [5.41, 5.74) is 12.4. The van der Waals surface area contributed by atoms with Gasteiger partial charge in [-0.25, -0.2) is 0 Å². The van der Waals surface area contributed by atoms with E-state index >= 15 is 0 Å². The Bertz CT molecular complexity index is 2810. The van der Waals surface area contributed by atoms with Gasteiger partial charge in [-0.05, 0) is 90.0 Å². The van der Waals surface area contributed by atoms with Crippen LogP contribution in [0.25, 0.3) is 87.0 Å². The summed E-state index contributed by atoms with van der Waals surface area (Å²) < 4.78 is 4.91. The normalized spacial score (nSPS) is 12.9.